The number of carbonyl (C=O) groups excluding carboxylic acids is 3. The zero-order valence-electron chi connectivity index (χ0n) is 13.0. The predicted molar refractivity (Wildman–Crippen MR) is 83.8 cm³/mol. The van der Waals surface area contributed by atoms with E-state index in [-0.39, 0.29) is 35.8 Å². The smallest absolute Gasteiger partial charge is 0.354 e. The third-order valence-electron chi connectivity index (χ3n) is 4.33. The molecule has 1 aromatic carbocycles. The van der Waals surface area contributed by atoms with Gasteiger partial charge in [-0.2, -0.15) is 0 Å². The molecule has 1 N–H and O–H groups in total. The Bertz CT molecular complexity index is 744. The third-order valence-corrected chi connectivity index (χ3v) is 4.95. The molecule has 2 heterocycles. The van der Waals surface area contributed by atoms with Crippen LogP contribution in [0.15, 0.2) is 16.6 Å². The van der Waals surface area contributed by atoms with Gasteiger partial charge in [-0.3, -0.25) is 9.59 Å². The number of fused-ring (bicyclic) bond motifs is 1. The molecule has 1 saturated heterocycles. The first kappa shape index (κ1) is 16.8. The van der Waals surface area contributed by atoms with Gasteiger partial charge in [-0.05, 0) is 28.1 Å². The minimum Gasteiger partial charge on any atom is -0.507 e. The number of esters is 2. The van der Waals surface area contributed by atoms with Crippen molar-refractivity contribution in [2.75, 3.05) is 7.11 Å². The van der Waals surface area contributed by atoms with Crippen LogP contribution in [-0.2, 0) is 19.1 Å². The topological polar surface area (TPSA) is 99.1 Å². The molecule has 2 aliphatic heterocycles. The van der Waals surface area contributed by atoms with E-state index in [1.807, 2.05) is 0 Å². The molecular formula is C16H15BrO7. The lowest BCUT2D eigenvalue weighted by Gasteiger charge is -2.40. The van der Waals surface area contributed by atoms with Crippen molar-refractivity contribution in [1.82, 2.24) is 0 Å². The van der Waals surface area contributed by atoms with E-state index in [0.29, 0.717) is 4.47 Å². The lowest BCUT2D eigenvalue weighted by Crippen LogP contribution is -2.59. The van der Waals surface area contributed by atoms with Crippen LogP contribution in [0.25, 0.3) is 0 Å². The number of benzene rings is 1. The zero-order chi connectivity index (χ0) is 17.6. The maximum Gasteiger partial charge on any atom is 0.354 e. The van der Waals surface area contributed by atoms with Crippen molar-refractivity contribution in [3.63, 3.8) is 0 Å². The Morgan fingerprint density at radius 2 is 2.12 bits per heavy atom. The first-order valence-corrected chi connectivity index (χ1v) is 8.11. The molecule has 1 fully saturated rings. The summed E-state index contributed by atoms with van der Waals surface area (Å²) in [5.41, 5.74) is -1.79. The van der Waals surface area contributed by atoms with Gasteiger partial charge in [0.2, 0.25) is 5.60 Å². The maximum absolute atomic E-state index is 12.6. The number of cyclic esters (lactones) is 1. The Balaban J connectivity index is 2.15. The average molecular weight is 399 g/mol. The Labute approximate surface area is 146 Å². The molecule has 8 heteroatoms. The summed E-state index contributed by atoms with van der Waals surface area (Å²) in [6.45, 7) is 1.74. The number of hydrogen-bond donors (Lipinski definition) is 1. The van der Waals surface area contributed by atoms with Crippen LogP contribution in [0.3, 0.4) is 0 Å². The second-order valence-corrected chi connectivity index (χ2v) is 6.80. The number of Topliss-reactive ketones (excluding diaryl/α,β-unsaturated/α-hetero) is 1. The zero-order valence-corrected chi connectivity index (χ0v) is 14.6. The van der Waals surface area contributed by atoms with Crippen molar-refractivity contribution in [2.45, 2.75) is 31.5 Å². The first-order chi connectivity index (χ1) is 11.3. The molecule has 0 unspecified atom stereocenters. The van der Waals surface area contributed by atoms with Crippen molar-refractivity contribution >= 4 is 33.7 Å². The highest BCUT2D eigenvalue weighted by atomic mass is 79.9. The van der Waals surface area contributed by atoms with Crippen molar-refractivity contribution in [3.8, 4) is 11.5 Å². The van der Waals surface area contributed by atoms with E-state index in [0.717, 1.165) is 0 Å². The van der Waals surface area contributed by atoms with Crippen molar-refractivity contribution in [1.29, 1.82) is 0 Å². The van der Waals surface area contributed by atoms with Gasteiger partial charge in [0.25, 0.3) is 0 Å². The van der Waals surface area contributed by atoms with Crippen LogP contribution in [0, 0.1) is 5.92 Å². The molecule has 128 valence electrons. The van der Waals surface area contributed by atoms with Crippen LogP contribution in [0.5, 0.6) is 11.5 Å². The van der Waals surface area contributed by atoms with E-state index in [1.165, 1.54) is 19.2 Å². The summed E-state index contributed by atoms with van der Waals surface area (Å²) in [4.78, 5) is 36.8. The summed E-state index contributed by atoms with van der Waals surface area (Å²) in [6, 6.07) is 2.85. The maximum atomic E-state index is 12.6. The molecule has 3 rings (SSSR count). The molecule has 0 amide bonds. The van der Waals surface area contributed by atoms with E-state index in [4.69, 9.17) is 14.2 Å². The van der Waals surface area contributed by atoms with Gasteiger partial charge in [-0.25, -0.2) is 4.79 Å². The summed E-state index contributed by atoms with van der Waals surface area (Å²) >= 11 is 3.25. The standard InChI is InChI=1S/C16H15BrO7/c1-7-5-11(20)23-14(7)16(15(21)22-2)6-10(19)12-9(18)4-3-8(17)13(12)24-16/h3-4,7,14,18H,5-6H2,1-2H3/t7-,14+,16+/m0/s1. The highest BCUT2D eigenvalue weighted by molar-refractivity contribution is 9.10. The van der Waals surface area contributed by atoms with Gasteiger partial charge in [0.05, 0.1) is 24.4 Å². The van der Waals surface area contributed by atoms with Crippen LogP contribution in [0.4, 0.5) is 0 Å². The van der Waals surface area contributed by atoms with E-state index in [1.54, 1.807) is 6.92 Å². The van der Waals surface area contributed by atoms with Crippen LogP contribution in [0.2, 0.25) is 0 Å². The minimum atomic E-state index is -1.78. The van der Waals surface area contributed by atoms with Crippen molar-refractivity contribution < 1.29 is 33.7 Å². The lowest BCUT2D eigenvalue weighted by atomic mass is 9.80. The number of halogens is 1. The molecule has 24 heavy (non-hydrogen) atoms. The number of methoxy groups -OCH3 is 1. The highest BCUT2D eigenvalue weighted by Gasteiger charge is 2.60. The normalized spacial score (nSPS) is 28.8. The number of ether oxygens (including phenoxy) is 3. The van der Waals surface area contributed by atoms with Crippen LogP contribution < -0.4 is 4.74 Å². The lowest BCUT2D eigenvalue weighted by molar-refractivity contribution is -0.177. The molecule has 0 saturated carbocycles. The number of aromatic hydroxyl groups is 1. The SMILES string of the molecule is COC(=O)[C@]1([C@@H]2OC(=O)C[C@@H]2C)CC(=O)c2c(O)ccc(Br)c2O1. The summed E-state index contributed by atoms with van der Waals surface area (Å²) in [6.07, 6.45) is -1.22. The van der Waals surface area contributed by atoms with Gasteiger partial charge in [-0.15, -0.1) is 0 Å². The summed E-state index contributed by atoms with van der Waals surface area (Å²) in [5.74, 6) is -2.30. The van der Waals surface area contributed by atoms with Gasteiger partial charge in [-0.1, -0.05) is 6.92 Å². The largest absolute Gasteiger partial charge is 0.507 e. The predicted octanol–water partition coefficient (Wildman–Crippen LogP) is 1.98. The summed E-state index contributed by atoms with van der Waals surface area (Å²) in [5, 5.41) is 9.95. The minimum absolute atomic E-state index is 0.0131. The first-order valence-electron chi connectivity index (χ1n) is 7.31. The average Bonchev–Trinajstić information content (AvgIpc) is 2.88. The Kier molecular flexibility index (Phi) is 4.03. The van der Waals surface area contributed by atoms with Gasteiger partial charge >= 0.3 is 11.9 Å². The number of phenols is 1. The quantitative estimate of drug-likeness (QED) is 0.760. The number of rotatable bonds is 2. The molecule has 7 nitrogen and oxygen atoms in total. The fraction of sp³-hybridized carbons (Fsp3) is 0.438. The molecule has 0 radical (unpaired) electrons. The number of phenolic OH excluding ortho intramolecular Hbond substituents is 1. The Morgan fingerprint density at radius 1 is 1.42 bits per heavy atom. The molecule has 2 aliphatic rings. The summed E-state index contributed by atoms with van der Waals surface area (Å²) in [7, 11) is 1.17. The molecular weight excluding hydrogens is 384 g/mol. The third kappa shape index (κ3) is 2.36. The van der Waals surface area contributed by atoms with Gasteiger partial charge in [0.1, 0.15) is 17.1 Å². The van der Waals surface area contributed by atoms with E-state index < -0.39 is 29.4 Å². The number of hydrogen-bond acceptors (Lipinski definition) is 7. The fourth-order valence-corrected chi connectivity index (χ4v) is 3.66. The Hall–Kier alpha value is -2.09. The molecule has 0 aromatic heterocycles. The number of ketones is 1. The monoisotopic (exact) mass is 398 g/mol. The second-order valence-electron chi connectivity index (χ2n) is 5.95. The number of carbonyl (C=O) groups is 3. The molecule has 3 atom stereocenters. The molecule has 0 aliphatic carbocycles. The van der Waals surface area contributed by atoms with Gasteiger partial charge in [0.15, 0.2) is 11.9 Å². The van der Waals surface area contributed by atoms with E-state index >= 15 is 0 Å². The summed E-state index contributed by atoms with van der Waals surface area (Å²) < 4.78 is 16.4. The van der Waals surface area contributed by atoms with Crippen LogP contribution >= 0.6 is 15.9 Å². The van der Waals surface area contributed by atoms with Crippen LogP contribution in [0.1, 0.15) is 30.1 Å². The molecule has 0 spiro atoms. The highest BCUT2D eigenvalue weighted by Crippen LogP contribution is 2.47. The molecule has 1 aromatic rings. The van der Waals surface area contributed by atoms with Crippen LogP contribution in [-0.4, -0.2) is 41.6 Å². The van der Waals surface area contributed by atoms with Gasteiger partial charge in [0, 0.05) is 5.92 Å². The van der Waals surface area contributed by atoms with Crippen molar-refractivity contribution in [2.24, 2.45) is 5.92 Å². The van der Waals surface area contributed by atoms with E-state index in [2.05, 4.69) is 15.9 Å². The van der Waals surface area contributed by atoms with E-state index in [9.17, 15) is 19.5 Å². The van der Waals surface area contributed by atoms with Gasteiger partial charge < -0.3 is 19.3 Å². The van der Waals surface area contributed by atoms with Crippen molar-refractivity contribution in [3.05, 3.63) is 22.2 Å². The Morgan fingerprint density at radius 3 is 2.71 bits per heavy atom. The molecule has 0 bridgehead atoms. The fourth-order valence-electron chi connectivity index (χ4n) is 3.25. The second kappa shape index (κ2) is 5.77.